The Balaban J connectivity index is -0.000000106. The maximum atomic E-state index is 10.3. The van der Waals surface area contributed by atoms with Gasteiger partial charge in [-0.25, -0.2) is 0 Å². The molecule has 3 aliphatic carbocycles. The molecular formula is C102H218N2O5. The Labute approximate surface area is 694 Å². The van der Waals surface area contributed by atoms with Gasteiger partial charge in [-0.1, -0.05) is 318 Å². The zero-order chi connectivity index (χ0) is 87.8. The fraction of sp³-hybridized carbons (Fsp3) is 0.941. The number of nitriles is 1. The molecule has 3 saturated carbocycles. The smallest absolute Gasteiger partial charge is 0.129 e. The monoisotopic (exact) mass is 1550 g/mol. The number of hydrogen-bond acceptors (Lipinski definition) is 7. The highest BCUT2D eigenvalue weighted by molar-refractivity contribution is 5.75. The number of rotatable bonds is 30. The molecule has 0 aromatic carbocycles. The summed E-state index contributed by atoms with van der Waals surface area (Å²) in [5.41, 5.74) is 1.99. The number of aliphatic hydroxyl groups excluding tert-OH is 2. The van der Waals surface area contributed by atoms with Gasteiger partial charge >= 0.3 is 0 Å². The zero-order valence-corrected chi connectivity index (χ0v) is 83.8. The molecule has 0 aromatic heterocycles. The lowest BCUT2D eigenvalue weighted by molar-refractivity contribution is -0.117. The first-order valence-electron chi connectivity index (χ1n) is 46.3. The molecule has 0 aliphatic heterocycles. The van der Waals surface area contributed by atoms with Crippen LogP contribution in [0.3, 0.4) is 0 Å². The fourth-order valence-electron chi connectivity index (χ4n) is 12.1. The van der Waals surface area contributed by atoms with E-state index >= 15 is 0 Å². The van der Waals surface area contributed by atoms with E-state index < -0.39 is 0 Å². The average molecular weight is 1550 g/mol. The molecule has 3 rings (SSSR count). The van der Waals surface area contributed by atoms with Gasteiger partial charge in [0.2, 0.25) is 0 Å². The van der Waals surface area contributed by atoms with Gasteiger partial charge in [-0.05, 0) is 275 Å². The molecule has 0 spiro atoms. The molecule has 7 nitrogen and oxygen atoms in total. The number of unbranched alkanes of at least 4 members (excludes halogenated alkanes) is 1. The van der Waals surface area contributed by atoms with E-state index in [2.05, 4.69) is 281 Å². The summed E-state index contributed by atoms with van der Waals surface area (Å²) in [7, 11) is 7.72. The number of Topliss-reactive ketones (excluding diaryl/α,β-unsaturated/α-hetero) is 1. The number of nitrogens with zero attached hydrogens (tertiary/aromatic N) is 2. The van der Waals surface area contributed by atoms with Crippen molar-refractivity contribution in [2.24, 2.45) is 118 Å². The molecule has 2 atom stereocenters. The molecule has 0 unspecified atom stereocenters. The van der Waals surface area contributed by atoms with E-state index in [1.165, 1.54) is 153 Å². The number of ketones is 1. The Bertz CT molecular complexity index is 1660. The Morgan fingerprint density at radius 1 is 0.477 bits per heavy atom. The SMILES string of the molecule is C=C1CCC(C(C)C)CC1.C=CCC(C)C.CC(=O)CCC(C)C.CC(C)CC(C)(C)C.CC(C)CCC#N.CC(C)CCN(C)C.CC(C)C[C@@H](C)O.CC(C)C[C@H](C)O.CC1CCC(C(C)C)CC1.CC1CCC(C(C)C)CC1.CCCC(C)C.CCCCC(C)C.COCCC(C)C.COCCCC(C)C. The van der Waals surface area contributed by atoms with Crippen molar-refractivity contribution in [3.05, 3.63) is 24.8 Å². The van der Waals surface area contributed by atoms with E-state index in [4.69, 9.17) is 24.9 Å². The van der Waals surface area contributed by atoms with Crippen LogP contribution in [0, 0.1) is 129 Å². The maximum absolute atomic E-state index is 10.3. The molecule has 0 aromatic rings. The number of carbonyl (C=O) groups excluding carboxylic acids is 1. The van der Waals surface area contributed by atoms with Crippen molar-refractivity contribution in [3.63, 3.8) is 0 Å². The fourth-order valence-corrected chi connectivity index (χ4v) is 12.1. The first-order chi connectivity index (χ1) is 50.1. The molecular weight excluding hydrogens is 1330 g/mol. The van der Waals surface area contributed by atoms with Crippen molar-refractivity contribution in [3.8, 4) is 6.07 Å². The third-order valence-corrected chi connectivity index (χ3v) is 19.1. The highest BCUT2D eigenvalue weighted by Crippen LogP contribution is 2.34. The number of carbonyl (C=O) groups is 1. The van der Waals surface area contributed by atoms with Crippen LogP contribution < -0.4 is 0 Å². The van der Waals surface area contributed by atoms with Gasteiger partial charge in [-0.2, -0.15) is 5.26 Å². The summed E-state index contributed by atoms with van der Waals surface area (Å²) < 4.78 is 9.74. The minimum Gasteiger partial charge on any atom is -0.393 e. The van der Waals surface area contributed by atoms with E-state index in [9.17, 15) is 4.79 Å². The lowest BCUT2D eigenvalue weighted by Crippen LogP contribution is -2.16. The van der Waals surface area contributed by atoms with E-state index in [1.807, 2.05) is 19.9 Å². The Hall–Kier alpha value is -1.56. The van der Waals surface area contributed by atoms with Crippen molar-refractivity contribution >= 4 is 5.78 Å². The normalized spacial score (nSPS) is 16.6. The molecule has 7 heteroatoms. The first kappa shape index (κ1) is 131. The number of ether oxygens (including phenoxy) is 2. The topological polar surface area (TPSA) is 103 Å². The minimum atomic E-state index is -0.125. The van der Waals surface area contributed by atoms with Crippen LogP contribution >= 0.6 is 0 Å². The van der Waals surface area contributed by atoms with Gasteiger partial charge in [-0.15, -0.1) is 6.58 Å². The van der Waals surface area contributed by atoms with Crippen molar-refractivity contribution in [2.75, 3.05) is 48.1 Å². The largest absolute Gasteiger partial charge is 0.393 e. The second-order valence-corrected chi connectivity index (χ2v) is 40.5. The van der Waals surface area contributed by atoms with Crippen LogP contribution in [0.25, 0.3) is 0 Å². The second-order valence-electron chi connectivity index (χ2n) is 40.5. The van der Waals surface area contributed by atoms with Crippen molar-refractivity contribution in [1.29, 1.82) is 5.26 Å². The second kappa shape index (κ2) is 93.6. The molecule has 109 heavy (non-hydrogen) atoms. The van der Waals surface area contributed by atoms with Gasteiger partial charge in [0, 0.05) is 40.3 Å². The van der Waals surface area contributed by atoms with Gasteiger partial charge < -0.3 is 29.4 Å². The molecule has 0 amide bonds. The first-order valence-corrected chi connectivity index (χ1v) is 46.3. The van der Waals surface area contributed by atoms with E-state index in [-0.39, 0.29) is 12.2 Å². The van der Waals surface area contributed by atoms with Gasteiger partial charge in [0.25, 0.3) is 0 Å². The van der Waals surface area contributed by atoms with E-state index in [0.717, 1.165) is 141 Å². The van der Waals surface area contributed by atoms with Crippen LogP contribution in [0.5, 0.6) is 0 Å². The summed E-state index contributed by atoms with van der Waals surface area (Å²) in [5, 5.41) is 25.5. The number of hydrogen-bond donors (Lipinski definition) is 2. The molecule has 0 heterocycles. The predicted octanol–water partition coefficient (Wildman–Crippen LogP) is 33.0. The molecule has 666 valence electrons. The summed E-state index contributed by atoms with van der Waals surface area (Å²) in [6, 6.07) is 2.10. The average Bonchev–Trinajstić information content (AvgIpc) is 0.927. The summed E-state index contributed by atoms with van der Waals surface area (Å²) in [4.78, 5) is 12.6. The molecule has 0 bridgehead atoms. The van der Waals surface area contributed by atoms with Gasteiger partial charge in [0.15, 0.2) is 0 Å². The van der Waals surface area contributed by atoms with Crippen molar-refractivity contribution < 1.29 is 24.5 Å². The van der Waals surface area contributed by atoms with E-state index in [1.54, 1.807) is 21.1 Å². The molecule has 3 aliphatic rings. The highest BCUT2D eigenvalue weighted by Gasteiger charge is 2.22. The van der Waals surface area contributed by atoms with Crippen LogP contribution in [0.4, 0.5) is 0 Å². The van der Waals surface area contributed by atoms with Crippen LogP contribution in [0.2, 0.25) is 0 Å². The van der Waals surface area contributed by atoms with Crippen LogP contribution in [0.15, 0.2) is 24.8 Å². The van der Waals surface area contributed by atoms with E-state index in [0.29, 0.717) is 41.3 Å². The zero-order valence-electron chi connectivity index (χ0n) is 83.8. The summed E-state index contributed by atoms with van der Waals surface area (Å²) in [5.74, 6) is 16.6. The number of aliphatic hydroxyl groups is 2. The van der Waals surface area contributed by atoms with Gasteiger partial charge in [0.05, 0.1) is 18.3 Å². The number of methoxy groups -OCH3 is 2. The lowest BCUT2D eigenvalue weighted by atomic mass is 9.78. The van der Waals surface area contributed by atoms with Crippen molar-refractivity contribution in [1.82, 2.24) is 4.90 Å². The van der Waals surface area contributed by atoms with Crippen LogP contribution in [-0.2, 0) is 14.3 Å². The third-order valence-electron chi connectivity index (χ3n) is 19.1. The van der Waals surface area contributed by atoms with Crippen LogP contribution in [-0.4, -0.2) is 81.2 Å². The summed E-state index contributed by atoms with van der Waals surface area (Å²) >= 11 is 0. The number of allylic oxidation sites excluding steroid dienone is 2. The Morgan fingerprint density at radius 2 is 0.817 bits per heavy atom. The van der Waals surface area contributed by atoms with Gasteiger partial charge in [0.1, 0.15) is 5.78 Å². The standard InChI is InChI=1S/2C10H20.C10H18.C8H18.C7H17N.C7H16O.C7H14O.C7H16.C6H11N.3C6H14O.C6H14.C6H12/c3*1-8(2)10-6-4-9(3)5-7-10;1-7(2)6-8(3,4)5;1-7(2)5-6-8(3)4;1-7(2)5-4-6-8-3;1-6(2)4-5-7(3)8;1-4-5-6-7(2)3;1-6(2)4-3-5-7;1-6(2)4-5-7-3;2*1-5(2)4-6(3)7;2*1-4-5-6(2)3/h2*8-10H,4-7H2,1-3H3;8,10H,3-7H2,1-2H3;7H,6H2,1-5H3;7H,5-6H2,1-4H3;7H,4-6H2,1-3H3;6H,4-5H2,1-3H3;7H,4-6H2,1-3H3;6H,3-4H2,1-2H3;6H,4-5H2,1-3H3;2*5-7H,4H2,1-3H3;6H,4-5H2,1-3H3;4,6H,1,5H2,2-3H3/t;;;;;;;;;;2*6-;;/m..........10../s1. The summed E-state index contributed by atoms with van der Waals surface area (Å²) in [6.45, 7) is 94.4. The lowest BCUT2D eigenvalue weighted by Gasteiger charge is -2.28. The predicted molar refractivity (Wildman–Crippen MR) is 503 cm³/mol. The third kappa shape index (κ3) is 155. The summed E-state index contributed by atoms with van der Waals surface area (Å²) in [6.07, 6.45) is 38.5. The molecule has 0 radical (unpaired) electrons. The quantitative estimate of drug-likeness (QED) is 0.0545. The maximum Gasteiger partial charge on any atom is 0.129 e. The highest BCUT2D eigenvalue weighted by atomic mass is 16.5. The Kier molecular flexibility index (Phi) is 112. The molecule has 0 saturated heterocycles. The molecule has 3 fully saturated rings. The minimum absolute atomic E-state index is 0.125. The Morgan fingerprint density at radius 3 is 0.963 bits per heavy atom. The van der Waals surface area contributed by atoms with Gasteiger partial charge in [-0.3, -0.25) is 0 Å². The van der Waals surface area contributed by atoms with Crippen LogP contribution in [0.1, 0.15) is 449 Å². The van der Waals surface area contributed by atoms with Crippen molar-refractivity contribution in [2.45, 2.75) is 462 Å². The molecule has 2 N–H and O–H groups in total.